The first kappa shape index (κ1) is 9.96. The second-order valence-electron chi connectivity index (χ2n) is 1.45. The van der Waals surface area contributed by atoms with Crippen LogP contribution in [0.25, 0.3) is 0 Å². The van der Waals surface area contributed by atoms with E-state index in [1.165, 1.54) is 0 Å². The van der Waals surface area contributed by atoms with Crippen LogP contribution in [-0.4, -0.2) is 14.1 Å². The van der Waals surface area contributed by atoms with Crippen molar-refractivity contribution in [2.24, 2.45) is 0 Å². The molecule has 4 nitrogen and oxygen atoms in total. The van der Waals surface area contributed by atoms with Crippen molar-refractivity contribution in [3.8, 4) is 0 Å². The van der Waals surface area contributed by atoms with E-state index in [9.17, 15) is 0 Å². The van der Waals surface area contributed by atoms with Gasteiger partial charge in [-0.15, -0.1) is 25.3 Å². The topological polar surface area (TPSA) is 48.1 Å². The SMILES string of the molecule is CNN/C(S)=C(\S)NNC. The van der Waals surface area contributed by atoms with Crippen molar-refractivity contribution in [3.63, 3.8) is 0 Å². The lowest BCUT2D eigenvalue weighted by Gasteiger charge is -2.08. The van der Waals surface area contributed by atoms with Crippen molar-refractivity contribution < 1.29 is 0 Å². The maximum Gasteiger partial charge on any atom is 0.111 e. The zero-order chi connectivity index (χ0) is 7.98. The van der Waals surface area contributed by atoms with Gasteiger partial charge in [0.15, 0.2) is 0 Å². The number of hydrazine groups is 2. The predicted octanol–water partition coefficient (Wildman–Crippen LogP) is -0.579. The van der Waals surface area contributed by atoms with E-state index in [0.29, 0.717) is 10.1 Å². The summed E-state index contributed by atoms with van der Waals surface area (Å²) in [5.74, 6) is 0. The molecule has 0 heterocycles. The lowest BCUT2D eigenvalue weighted by atomic mass is 10.9. The quantitative estimate of drug-likeness (QED) is 0.259. The molecule has 0 saturated heterocycles. The van der Waals surface area contributed by atoms with Crippen LogP contribution in [0.2, 0.25) is 0 Å². The summed E-state index contributed by atoms with van der Waals surface area (Å²) in [7, 11) is 3.49. The molecule has 0 spiro atoms. The molecule has 0 aromatic heterocycles. The van der Waals surface area contributed by atoms with Crippen LogP contribution in [0, 0.1) is 0 Å². The fourth-order valence-corrected chi connectivity index (χ4v) is 0.691. The average Bonchev–Trinajstić information content (AvgIpc) is 1.89. The minimum absolute atomic E-state index is 0.625. The standard InChI is InChI=1S/C4H12N4S2/c1-5-7-3(9)4(10)8-6-2/h5-10H,1-2H3/b4-3+. The van der Waals surface area contributed by atoms with E-state index in [-0.39, 0.29) is 0 Å². The number of hydrogen-bond donors (Lipinski definition) is 6. The van der Waals surface area contributed by atoms with Crippen LogP contribution in [0.4, 0.5) is 0 Å². The fourth-order valence-electron chi connectivity index (χ4n) is 0.355. The molecule has 0 aliphatic rings. The highest BCUT2D eigenvalue weighted by atomic mass is 32.1. The molecule has 0 radical (unpaired) electrons. The molecule has 0 saturated carbocycles. The lowest BCUT2D eigenvalue weighted by Crippen LogP contribution is -2.31. The molecule has 0 atom stereocenters. The molecule has 0 aliphatic heterocycles. The highest BCUT2D eigenvalue weighted by Gasteiger charge is 1.93. The largest absolute Gasteiger partial charge is 0.314 e. The normalized spacial score (nSPS) is 12.4. The van der Waals surface area contributed by atoms with Gasteiger partial charge in [0.05, 0.1) is 0 Å². The van der Waals surface area contributed by atoms with Crippen LogP contribution in [0.15, 0.2) is 10.1 Å². The van der Waals surface area contributed by atoms with E-state index in [1.54, 1.807) is 14.1 Å². The van der Waals surface area contributed by atoms with Crippen molar-refractivity contribution >= 4 is 25.3 Å². The van der Waals surface area contributed by atoms with Gasteiger partial charge in [0.25, 0.3) is 0 Å². The van der Waals surface area contributed by atoms with Crippen molar-refractivity contribution in [1.82, 2.24) is 21.7 Å². The molecule has 0 fully saturated rings. The Balaban J connectivity index is 3.79. The minimum Gasteiger partial charge on any atom is -0.314 e. The summed E-state index contributed by atoms with van der Waals surface area (Å²) < 4.78 is 0. The zero-order valence-corrected chi connectivity index (χ0v) is 7.68. The molecule has 0 unspecified atom stereocenters. The Hall–Kier alpha value is -0.0400. The Bertz CT molecular complexity index is 110. The summed E-state index contributed by atoms with van der Waals surface area (Å²) >= 11 is 8.13. The molecule has 0 bridgehead atoms. The van der Waals surface area contributed by atoms with Crippen molar-refractivity contribution in [2.45, 2.75) is 0 Å². The van der Waals surface area contributed by atoms with E-state index in [0.717, 1.165) is 0 Å². The van der Waals surface area contributed by atoms with Crippen molar-refractivity contribution in [3.05, 3.63) is 10.1 Å². The molecule has 0 aromatic carbocycles. The number of nitrogens with one attached hydrogen (secondary N) is 4. The van der Waals surface area contributed by atoms with Crippen LogP contribution >= 0.6 is 25.3 Å². The van der Waals surface area contributed by atoms with Crippen LogP contribution in [0.1, 0.15) is 0 Å². The highest BCUT2D eigenvalue weighted by Crippen LogP contribution is 2.03. The van der Waals surface area contributed by atoms with E-state index < -0.39 is 0 Å². The van der Waals surface area contributed by atoms with Gasteiger partial charge in [-0.3, -0.25) is 0 Å². The summed E-state index contributed by atoms with van der Waals surface area (Å²) in [6.07, 6.45) is 0. The van der Waals surface area contributed by atoms with Gasteiger partial charge in [-0.05, 0) is 0 Å². The smallest absolute Gasteiger partial charge is 0.111 e. The molecule has 0 amide bonds. The predicted molar refractivity (Wildman–Crippen MR) is 49.4 cm³/mol. The molecule has 0 rings (SSSR count). The van der Waals surface area contributed by atoms with E-state index in [4.69, 9.17) is 0 Å². The van der Waals surface area contributed by atoms with Gasteiger partial charge >= 0.3 is 0 Å². The lowest BCUT2D eigenvalue weighted by molar-refractivity contribution is 0.680. The Morgan fingerprint density at radius 3 is 1.40 bits per heavy atom. The van der Waals surface area contributed by atoms with Gasteiger partial charge in [-0.2, -0.15) is 0 Å². The first-order chi connectivity index (χ1) is 4.72. The van der Waals surface area contributed by atoms with Gasteiger partial charge in [0.2, 0.25) is 0 Å². The van der Waals surface area contributed by atoms with Crippen LogP contribution in [-0.2, 0) is 0 Å². The number of thiol groups is 2. The Labute approximate surface area is 71.6 Å². The molecule has 6 heteroatoms. The highest BCUT2D eigenvalue weighted by molar-refractivity contribution is 7.88. The minimum atomic E-state index is 0.625. The third-order valence-electron chi connectivity index (χ3n) is 0.711. The monoisotopic (exact) mass is 180 g/mol. The molecule has 10 heavy (non-hydrogen) atoms. The summed E-state index contributed by atoms with van der Waals surface area (Å²) in [5, 5.41) is 1.25. The second kappa shape index (κ2) is 5.72. The van der Waals surface area contributed by atoms with Gasteiger partial charge in [-0.1, -0.05) is 0 Å². The van der Waals surface area contributed by atoms with E-state index in [2.05, 4.69) is 47.0 Å². The van der Waals surface area contributed by atoms with Crippen LogP contribution < -0.4 is 21.7 Å². The third kappa shape index (κ3) is 3.89. The zero-order valence-electron chi connectivity index (χ0n) is 5.89. The molecular weight excluding hydrogens is 168 g/mol. The molecule has 0 aromatic rings. The maximum absolute atomic E-state index is 4.07. The van der Waals surface area contributed by atoms with Crippen molar-refractivity contribution in [1.29, 1.82) is 0 Å². The maximum atomic E-state index is 4.07. The van der Waals surface area contributed by atoms with E-state index in [1.807, 2.05) is 0 Å². The first-order valence-corrected chi connectivity index (χ1v) is 3.59. The Morgan fingerprint density at radius 1 is 0.900 bits per heavy atom. The first-order valence-electron chi connectivity index (χ1n) is 2.70. The van der Waals surface area contributed by atoms with Crippen LogP contribution in [0.5, 0.6) is 0 Å². The summed E-state index contributed by atoms with van der Waals surface area (Å²) in [5.41, 5.74) is 10.9. The molecule has 60 valence electrons. The Morgan fingerprint density at radius 2 is 1.20 bits per heavy atom. The van der Waals surface area contributed by atoms with E-state index >= 15 is 0 Å². The molecule has 4 N–H and O–H groups in total. The fraction of sp³-hybridized carbons (Fsp3) is 0.500. The van der Waals surface area contributed by atoms with Gasteiger partial charge in [0, 0.05) is 14.1 Å². The summed E-state index contributed by atoms with van der Waals surface area (Å²) in [4.78, 5) is 0. The molecule has 0 aliphatic carbocycles. The van der Waals surface area contributed by atoms with Crippen molar-refractivity contribution in [2.75, 3.05) is 14.1 Å². The Kier molecular flexibility index (Phi) is 5.70. The third-order valence-corrected chi connectivity index (χ3v) is 1.56. The summed E-state index contributed by atoms with van der Waals surface area (Å²) in [6.45, 7) is 0. The van der Waals surface area contributed by atoms with Gasteiger partial charge in [-0.25, -0.2) is 10.9 Å². The molecular formula is C4H12N4S2. The van der Waals surface area contributed by atoms with Crippen LogP contribution in [0.3, 0.4) is 0 Å². The average molecular weight is 180 g/mol. The summed E-state index contributed by atoms with van der Waals surface area (Å²) in [6, 6.07) is 0. The second-order valence-corrected chi connectivity index (χ2v) is 2.34. The van der Waals surface area contributed by atoms with Gasteiger partial charge < -0.3 is 10.9 Å². The van der Waals surface area contributed by atoms with Gasteiger partial charge in [0.1, 0.15) is 10.1 Å². The number of rotatable bonds is 4. The number of hydrogen-bond acceptors (Lipinski definition) is 6.